The first-order valence-electron chi connectivity index (χ1n) is 3.29. The van der Waals surface area contributed by atoms with E-state index in [9.17, 15) is 0 Å². The van der Waals surface area contributed by atoms with Gasteiger partial charge in [-0.25, -0.2) is 0 Å². The van der Waals surface area contributed by atoms with Crippen molar-refractivity contribution in [3.05, 3.63) is 35.6 Å². The normalized spacial score (nSPS) is 22.2. The van der Waals surface area contributed by atoms with Crippen molar-refractivity contribution in [3.63, 3.8) is 0 Å². The van der Waals surface area contributed by atoms with Gasteiger partial charge in [0.2, 0.25) is 0 Å². The maximum Gasteiger partial charge on any atom is 0.0410 e. The Morgan fingerprint density at radius 3 is 3.33 bits per heavy atom. The minimum absolute atomic E-state index is 1.09. The number of rotatable bonds is 0. The summed E-state index contributed by atoms with van der Waals surface area (Å²) in [5.74, 6) is 0. The van der Waals surface area contributed by atoms with Gasteiger partial charge < -0.3 is 5.32 Å². The highest BCUT2D eigenvalue weighted by Crippen LogP contribution is 2.18. The Morgan fingerprint density at radius 2 is 2.44 bits per heavy atom. The Kier molecular flexibility index (Phi) is 0.950. The molecule has 0 amide bonds. The molecule has 0 bridgehead atoms. The molecule has 0 saturated carbocycles. The first-order chi connectivity index (χ1) is 4.47. The molecular weight excluding hydrogens is 110 g/mol. The maximum absolute atomic E-state index is 3.31. The molecule has 46 valence electrons. The Hall–Kier alpha value is -0.980. The van der Waals surface area contributed by atoms with Crippen LogP contribution in [0.25, 0.3) is 0 Å². The highest BCUT2D eigenvalue weighted by molar-refractivity contribution is 5.48. The average Bonchev–Trinajstić information content (AvgIpc) is 2.33. The summed E-state index contributed by atoms with van der Waals surface area (Å²) in [5.41, 5.74) is 2.66. The van der Waals surface area contributed by atoms with Gasteiger partial charge in [-0.3, -0.25) is 0 Å². The Morgan fingerprint density at radius 1 is 1.44 bits per heavy atom. The van der Waals surface area contributed by atoms with Gasteiger partial charge in [-0.1, -0.05) is 18.2 Å². The lowest BCUT2D eigenvalue weighted by Gasteiger charge is -2.12. The van der Waals surface area contributed by atoms with Crippen LogP contribution in [0.5, 0.6) is 0 Å². The first-order valence-corrected chi connectivity index (χ1v) is 3.29. The molecule has 1 nitrogen and oxygen atoms in total. The molecule has 0 radical (unpaired) electrons. The predicted molar refractivity (Wildman–Crippen MR) is 37.9 cm³/mol. The Labute approximate surface area is 54.8 Å². The van der Waals surface area contributed by atoms with Crippen molar-refractivity contribution in [2.45, 2.75) is 6.42 Å². The number of nitrogens with one attached hydrogen (secondary N) is 1. The van der Waals surface area contributed by atoms with Crippen LogP contribution in [-0.4, -0.2) is 6.54 Å². The molecule has 0 aromatic carbocycles. The van der Waals surface area contributed by atoms with Gasteiger partial charge in [-0.2, -0.15) is 0 Å². The lowest BCUT2D eigenvalue weighted by molar-refractivity contribution is 0.787. The van der Waals surface area contributed by atoms with E-state index in [1.54, 1.807) is 0 Å². The summed E-state index contributed by atoms with van der Waals surface area (Å²) in [7, 11) is 0. The van der Waals surface area contributed by atoms with E-state index in [2.05, 4.69) is 29.6 Å². The number of allylic oxidation sites excluding steroid dienone is 3. The van der Waals surface area contributed by atoms with Crippen molar-refractivity contribution >= 4 is 0 Å². The summed E-state index contributed by atoms with van der Waals surface area (Å²) in [4.78, 5) is 0. The fourth-order valence-corrected chi connectivity index (χ4v) is 1.21. The molecule has 1 heteroatoms. The highest BCUT2D eigenvalue weighted by Gasteiger charge is 2.07. The van der Waals surface area contributed by atoms with Gasteiger partial charge in [-0.05, 0) is 18.1 Å². The van der Waals surface area contributed by atoms with Crippen LogP contribution < -0.4 is 5.32 Å². The van der Waals surface area contributed by atoms with Crippen LogP contribution in [0.3, 0.4) is 0 Å². The molecule has 2 rings (SSSR count). The van der Waals surface area contributed by atoms with Crippen LogP contribution in [0.15, 0.2) is 35.6 Å². The van der Waals surface area contributed by atoms with E-state index < -0.39 is 0 Å². The van der Waals surface area contributed by atoms with E-state index in [4.69, 9.17) is 0 Å². The summed E-state index contributed by atoms with van der Waals surface area (Å²) in [6.07, 6.45) is 9.77. The van der Waals surface area contributed by atoms with Crippen molar-refractivity contribution in [1.29, 1.82) is 0 Å². The molecular formula is C8H9N. The second kappa shape index (κ2) is 1.76. The maximum atomic E-state index is 3.31. The van der Waals surface area contributed by atoms with E-state index in [0.717, 1.165) is 13.0 Å². The molecule has 0 aromatic rings. The third-order valence-electron chi connectivity index (χ3n) is 1.67. The van der Waals surface area contributed by atoms with Gasteiger partial charge in [0.1, 0.15) is 0 Å². The van der Waals surface area contributed by atoms with Crippen molar-refractivity contribution < 1.29 is 0 Å². The molecule has 0 fully saturated rings. The van der Waals surface area contributed by atoms with Crippen molar-refractivity contribution in [3.8, 4) is 0 Å². The van der Waals surface area contributed by atoms with Gasteiger partial charge in [0.25, 0.3) is 0 Å². The molecule has 0 spiro atoms. The first kappa shape index (κ1) is 4.86. The fourth-order valence-electron chi connectivity index (χ4n) is 1.21. The molecule has 1 aliphatic carbocycles. The zero-order valence-corrected chi connectivity index (χ0v) is 5.22. The molecule has 0 atom stereocenters. The van der Waals surface area contributed by atoms with Crippen LogP contribution in [0.2, 0.25) is 0 Å². The molecule has 1 aliphatic heterocycles. The van der Waals surface area contributed by atoms with Crippen LogP contribution in [0.4, 0.5) is 0 Å². The van der Waals surface area contributed by atoms with E-state index in [1.807, 2.05) is 0 Å². The third kappa shape index (κ3) is 0.689. The van der Waals surface area contributed by atoms with Gasteiger partial charge in [0.05, 0.1) is 0 Å². The highest BCUT2D eigenvalue weighted by atomic mass is 14.9. The predicted octanol–water partition coefficient (Wildman–Crippen LogP) is 1.36. The van der Waals surface area contributed by atoms with Gasteiger partial charge in [0, 0.05) is 12.2 Å². The van der Waals surface area contributed by atoms with E-state index in [0.29, 0.717) is 0 Å². The summed E-state index contributed by atoms with van der Waals surface area (Å²) in [5, 5.41) is 3.31. The van der Waals surface area contributed by atoms with Crippen molar-refractivity contribution in [1.82, 2.24) is 5.32 Å². The number of fused-ring (bicyclic) bond motifs is 1. The lowest BCUT2D eigenvalue weighted by Crippen LogP contribution is -2.17. The summed E-state index contributed by atoms with van der Waals surface area (Å²) >= 11 is 0. The molecule has 0 aromatic heterocycles. The van der Waals surface area contributed by atoms with E-state index >= 15 is 0 Å². The Balaban J connectivity index is 2.38. The van der Waals surface area contributed by atoms with Gasteiger partial charge in [-0.15, -0.1) is 0 Å². The van der Waals surface area contributed by atoms with E-state index in [1.165, 1.54) is 11.3 Å². The number of hydrogen-bond donors (Lipinski definition) is 1. The largest absolute Gasteiger partial charge is 0.384 e. The SMILES string of the molecule is C1=CC2=CCCNC2=C1. The minimum atomic E-state index is 1.09. The molecule has 1 heterocycles. The third-order valence-corrected chi connectivity index (χ3v) is 1.67. The second-order valence-electron chi connectivity index (χ2n) is 2.31. The van der Waals surface area contributed by atoms with Crippen LogP contribution in [0.1, 0.15) is 6.42 Å². The number of hydrogen-bond acceptors (Lipinski definition) is 1. The average molecular weight is 119 g/mol. The smallest absolute Gasteiger partial charge is 0.0410 e. The van der Waals surface area contributed by atoms with Crippen LogP contribution in [-0.2, 0) is 0 Å². The zero-order valence-electron chi connectivity index (χ0n) is 5.22. The van der Waals surface area contributed by atoms with Crippen LogP contribution >= 0.6 is 0 Å². The zero-order chi connectivity index (χ0) is 6.10. The Bertz CT molecular complexity index is 209. The lowest BCUT2D eigenvalue weighted by atomic mass is 10.1. The van der Waals surface area contributed by atoms with Gasteiger partial charge in [0.15, 0.2) is 0 Å². The minimum Gasteiger partial charge on any atom is -0.384 e. The molecule has 0 unspecified atom stereocenters. The molecule has 2 aliphatic rings. The monoisotopic (exact) mass is 119 g/mol. The molecule has 0 saturated heterocycles. The van der Waals surface area contributed by atoms with Crippen molar-refractivity contribution in [2.24, 2.45) is 0 Å². The topological polar surface area (TPSA) is 12.0 Å². The van der Waals surface area contributed by atoms with Crippen LogP contribution in [0, 0.1) is 0 Å². The quantitative estimate of drug-likeness (QED) is 0.507. The second-order valence-corrected chi connectivity index (χ2v) is 2.31. The van der Waals surface area contributed by atoms with Crippen molar-refractivity contribution in [2.75, 3.05) is 6.54 Å². The molecule has 1 N–H and O–H groups in total. The standard InChI is InChI=1S/C8H9N/c1-3-7-4-2-6-9-8(7)5-1/h1,3-5,9H,2,6H2. The van der Waals surface area contributed by atoms with Gasteiger partial charge >= 0.3 is 0 Å². The summed E-state index contributed by atoms with van der Waals surface area (Å²) in [6, 6.07) is 0. The fraction of sp³-hybridized carbons (Fsp3) is 0.250. The van der Waals surface area contributed by atoms with E-state index in [-0.39, 0.29) is 0 Å². The molecule has 9 heavy (non-hydrogen) atoms. The summed E-state index contributed by atoms with van der Waals surface area (Å²) < 4.78 is 0. The summed E-state index contributed by atoms with van der Waals surface area (Å²) in [6.45, 7) is 1.09.